The fourth-order valence-corrected chi connectivity index (χ4v) is 3.22. The second-order valence-electron chi connectivity index (χ2n) is 6.80. The van der Waals surface area contributed by atoms with E-state index in [0.29, 0.717) is 13.2 Å². The van der Waals surface area contributed by atoms with Gasteiger partial charge in [0.1, 0.15) is 5.75 Å². The molecule has 2 atom stereocenters. The van der Waals surface area contributed by atoms with E-state index in [1.54, 1.807) is 23.9 Å². The molecule has 0 radical (unpaired) electrons. The van der Waals surface area contributed by atoms with Gasteiger partial charge in [-0.25, -0.2) is 4.68 Å². The van der Waals surface area contributed by atoms with Crippen LogP contribution in [-0.4, -0.2) is 42.7 Å². The topological polar surface area (TPSA) is 65.4 Å². The summed E-state index contributed by atoms with van der Waals surface area (Å²) in [5, 5.41) is 8.17. The molecule has 6 heteroatoms. The van der Waals surface area contributed by atoms with Crippen molar-refractivity contribution in [2.45, 2.75) is 24.9 Å². The monoisotopic (exact) mass is 341 g/mol. The Labute approximate surface area is 146 Å². The van der Waals surface area contributed by atoms with E-state index >= 15 is 0 Å². The van der Waals surface area contributed by atoms with Crippen LogP contribution in [0.4, 0.5) is 0 Å². The largest absolute Gasteiger partial charge is 0.497 e. The molecule has 25 heavy (non-hydrogen) atoms. The molecule has 0 bridgehead atoms. The van der Waals surface area contributed by atoms with E-state index in [2.05, 4.69) is 10.4 Å². The molecule has 2 heterocycles. The highest BCUT2D eigenvalue weighted by molar-refractivity contribution is 5.60. The van der Waals surface area contributed by atoms with E-state index in [4.69, 9.17) is 9.47 Å². The predicted molar refractivity (Wildman–Crippen MR) is 94.9 cm³/mol. The Kier molecular flexibility index (Phi) is 4.55. The fraction of sp³-hybridized carbons (Fsp3) is 0.474. The lowest BCUT2D eigenvalue weighted by atomic mass is 10.1. The smallest absolute Gasteiger partial charge is 0.267 e. The summed E-state index contributed by atoms with van der Waals surface area (Å²) in [4.78, 5) is 12.4. The summed E-state index contributed by atoms with van der Waals surface area (Å²) in [5.41, 5.74) is 1.58. The molecule has 2 unspecified atom stereocenters. The Balaban J connectivity index is 1.61. The van der Waals surface area contributed by atoms with Gasteiger partial charge < -0.3 is 14.8 Å². The average Bonchev–Trinajstić information content (AvgIpc) is 3.37. The van der Waals surface area contributed by atoms with Crippen molar-refractivity contribution in [2.75, 3.05) is 26.9 Å². The van der Waals surface area contributed by atoms with E-state index < -0.39 is 0 Å². The van der Waals surface area contributed by atoms with Gasteiger partial charge in [-0.15, -0.1) is 0 Å². The van der Waals surface area contributed by atoms with Gasteiger partial charge in [-0.3, -0.25) is 4.79 Å². The highest BCUT2D eigenvalue weighted by atomic mass is 16.5. The Morgan fingerprint density at radius 1 is 1.28 bits per heavy atom. The van der Waals surface area contributed by atoms with Gasteiger partial charge in [0, 0.05) is 11.6 Å². The number of methoxy groups -OCH3 is 1. The second-order valence-corrected chi connectivity index (χ2v) is 6.80. The minimum Gasteiger partial charge on any atom is -0.497 e. The SMILES string of the molecule is COc1cccc(-c2ccc(=O)n(C3COCC3NCC3CC3)n2)c1. The van der Waals surface area contributed by atoms with Crippen molar-refractivity contribution < 1.29 is 9.47 Å². The Morgan fingerprint density at radius 3 is 2.96 bits per heavy atom. The maximum absolute atomic E-state index is 12.4. The van der Waals surface area contributed by atoms with Crippen LogP contribution in [0.5, 0.6) is 5.75 Å². The zero-order valence-electron chi connectivity index (χ0n) is 14.4. The van der Waals surface area contributed by atoms with Gasteiger partial charge in [-0.05, 0) is 43.5 Å². The fourth-order valence-electron chi connectivity index (χ4n) is 3.22. The van der Waals surface area contributed by atoms with E-state index in [0.717, 1.165) is 29.5 Å². The van der Waals surface area contributed by atoms with E-state index in [-0.39, 0.29) is 17.6 Å². The molecule has 0 spiro atoms. The molecule has 1 aliphatic heterocycles. The zero-order chi connectivity index (χ0) is 17.2. The Hall–Kier alpha value is -2.18. The normalized spacial score (nSPS) is 22.9. The van der Waals surface area contributed by atoms with Gasteiger partial charge in [0.2, 0.25) is 0 Å². The summed E-state index contributed by atoms with van der Waals surface area (Å²) in [7, 11) is 1.64. The van der Waals surface area contributed by atoms with Crippen molar-refractivity contribution in [1.29, 1.82) is 0 Å². The van der Waals surface area contributed by atoms with Crippen LogP contribution in [-0.2, 0) is 4.74 Å². The third-order valence-corrected chi connectivity index (χ3v) is 4.92. The molecule has 2 fully saturated rings. The minimum absolute atomic E-state index is 0.0724. The predicted octanol–water partition coefficient (Wildman–Crippen LogP) is 1.86. The lowest BCUT2D eigenvalue weighted by Gasteiger charge is -2.20. The molecular formula is C19H23N3O3. The highest BCUT2D eigenvalue weighted by Gasteiger charge is 2.33. The molecule has 132 valence electrons. The van der Waals surface area contributed by atoms with Crippen LogP contribution in [0.25, 0.3) is 11.3 Å². The Bertz CT molecular complexity index is 800. The lowest BCUT2D eigenvalue weighted by Crippen LogP contribution is -2.42. The second kappa shape index (κ2) is 6.98. The molecule has 4 rings (SSSR count). The van der Waals surface area contributed by atoms with Crippen LogP contribution in [0.2, 0.25) is 0 Å². The van der Waals surface area contributed by atoms with Crippen molar-refractivity contribution in [3.8, 4) is 17.0 Å². The number of benzene rings is 1. The maximum atomic E-state index is 12.4. The van der Waals surface area contributed by atoms with E-state index in [9.17, 15) is 4.79 Å². The van der Waals surface area contributed by atoms with Crippen molar-refractivity contribution in [2.24, 2.45) is 5.92 Å². The number of hydrogen-bond donors (Lipinski definition) is 1. The van der Waals surface area contributed by atoms with Gasteiger partial charge in [0.15, 0.2) is 0 Å². The zero-order valence-corrected chi connectivity index (χ0v) is 14.4. The summed E-state index contributed by atoms with van der Waals surface area (Å²) < 4.78 is 12.5. The first-order chi connectivity index (χ1) is 12.2. The molecule has 1 aliphatic carbocycles. The summed E-state index contributed by atoms with van der Waals surface area (Å²) >= 11 is 0. The number of aromatic nitrogens is 2. The van der Waals surface area contributed by atoms with Gasteiger partial charge in [-0.2, -0.15) is 5.10 Å². The van der Waals surface area contributed by atoms with Crippen molar-refractivity contribution >= 4 is 0 Å². The minimum atomic E-state index is -0.0969. The molecule has 1 aromatic carbocycles. The molecule has 2 aliphatic rings. The van der Waals surface area contributed by atoms with Crippen LogP contribution >= 0.6 is 0 Å². The van der Waals surface area contributed by atoms with Crippen LogP contribution in [0.1, 0.15) is 18.9 Å². The first kappa shape index (κ1) is 16.3. The average molecular weight is 341 g/mol. The van der Waals surface area contributed by atoms with Crippen LogP contribution in [0.15, 0.2) is 41.2 Å². The number of ether oxygens (including phenoxy) is 2. The first-order valence-electron chi connectivity index (χ1n) is 8.80. The molecular weight excluding hydrogens is 318 g/mol. The first-order valence-corrected chi connectivity index (χ1v) is 8.80. The van der Waals surface area contributed by atoms with Crippen LogP contribution in [0.3, 0.4) is 0 Å². The molecule has 6 nitrogen and oxygen atoms in total. The van der Waals surface area contributed by atoms with Gasteiger partial charge in [0.25, 0.3) is 5.56 Å². The van der Waals surface area contributed by atoms with Gasteiger partial charge >= 0.3 is 0 Å². The van der Waals surface area contributed by atoms with Crippen molar-refractivity contribution in [3.63, 3.8) is 0 Å². The number of rotatable bonds is 6. The summed E-state index contributed by atoms with van der Waals surface area (Å²) in [6.45, 7) is 2.13. The maximum Gasteiger partial charge on any atom is 0.267 e. The molecule has 1 aromatic heterocycles. The standard InChI is InChI=1S/C19H23N3O3/c1-24-15-4-2-3-14(9-15)16-7-8-19(23)22(21-16)18-12-25-11-17(18)20-10-13-5-6-13/h2-4,7-9,13,17-18,20H,5-6,10-12H2,1H3. The third-order valence-electron chi connectivity index (χ3n) is 4.92. The van der Waals surface area contributed by atoms with E-state index in [1.165, 1.54) is 12.8 Å². The highest BCUT2D eigenvalue weighted by Crippen LogP contribution is 2.29. The Morgan fingerprint density at radius 2 is 2.16 bits per heavy atom. The van der Waals surface area contributed by atoms with Crippen LogP contribution < -0.4 is 15.6 Å². The lowest BCUT2D eigenvalue weighted by molar-refractivity contribution is 0.181. The molecule has 1 saturated heterocycles. The quantitative estimate of drug-likeness (QED) is 0.869. The number of nitrogens with one attached hydrogen (secondary N) is 1. The molecule has 0 amide bonds. The van der Waals surface area contributed by atoms with E-state index in [1.807, 2.05) is 24.3 Å². The molecule has 1 N–H and O–H groups in total. The summed E-state index contributed by atoms with van der Waals surface area (Å²) in [6.07, 6.45) is 2.60. The summed E-state index contributed by atoms with van der Waals surface area (Å²) in [6, 6.07) is 11.1. The van der Waals surface area contributed by atoms with Crippen molar-refractivity contribution in [1.82, 2.24) is 15.1 Å². The number of hydrogen-bond acceptors (Lipinski definition) is 5. The third kappa shape index (κ3) is 3.60. The number of nitrogens with zero attached hydrogens (tertiary/aromatic N) is 2. The summed E-state index contributed by atoms with van der Waals surface area (Å²) in [5.74, 6) is 1.55. The van der Waals surface area contributed by atoms with Gasteiger partial charge in [-0.1, -0.05) is 12.1 Å². The van der Waals surface area contributed by atoms with Crippen molar-refractivity contribution in [3.05, 3.63) is 46.8 Å². The van der Waals surface area contributed by atoms with Crippen LogP contribution in [0, 0.1) is 5.92 Å². The molecule has 2 aromatic rings. The molecule has 1 saturated carbocycles. The van der Waals surface area contributed by atoms with Gasteiger partial charge in [0.05, 0.1) is 38.1 Å².